The summed E-state index contributed by atoms with van der Waals surface area (Å²) >= 11 is 0. The molecule has 0 aliphatic carbocycles. The van der Waals surface area contributed by atoms with Gasteiger partial charge in [-0.15, -0.1) is 0 Å². The van der Waals surface area contributed by atoms with Crippen molar-refractivity contribution in [2.75, 3.05) is 43.3 Å². The Labute approximate surface area is 331 Å². The second-order valence-electron chi connectivity index (χ2n) is 15.8. The zero-order valence-electron chi connectivity index (χ0n) is 33.2. The number of ether oxygens (including phenoxy) is 3. The van der Waals surface area contributed by atoms with Crippen LogP contribution in [0.15, 0.2) is 91.0 Å². The second-order valence-corrected chi connectivity index (χ2v) is 20.5. The number of carbonyl (C=O) groups excluding carboxylic acids is 2. The second kappa shape index (κ2) is 16.5. The molecule has 3 N–H and O–H groups in total. The summed E-state index contributed by atoms with van der Waals surface area (Å²) < 4.78 is 18.4. The van der Waals surface area contributed by atoms with Crippen molar-refractivity contribution in [1.82, 2.24) is 5.32 Å². The Morgan fingerprint density at radius 3 is 2.41 bits per heavy atom. The Hall–Kier alpha value is -4.52. The van der Waals surface area contributed by atoms with Gasteiger partial charge in [-0.2, -0.15) is 0 Å². The van der Waals surface area contributed by atoms with E-state index in [4.69, 9.17) is 14.2 Å². The van der Waals surface area contributed by atoms with Gasteiger partial charge in [0.15, 0.2) is 5.60 Å². The number of rotatable bonds is 15. The Balaban J connectivity index is 1.22. The number of benzene rings is 4. The van der Waals surface area contributed by atoms with E-state index < -0.39 is 19.7 Å². The molecule has 2 amide bonds. The molecule has 3 aliphatic rings. The van der Waals surface area contributed by atoms with Gasteiger partial charge in [0, 0.05) is 30.4 Å². The van der Waals surface area contributed by atoms with E-state index >= 15 is 4.79 Å². The summed E-state index contributed by atoms with van der Waals surface area (Å²) in [5, 5.41) is 24.3. The van der Waals surface area contributed by atoms with E-state index in [0.29, 0.717) is 32.4 Å². The number of methoxy groups -OCH3 is 1. The molecule has 5 atom stereocenters. The number of aliphatic hydroxyl groups is 2. The molecule has 1 spiro atoms. The van der Waals surface area contributed by atoms with Crippen LogP contribution in [0.2, 0.25) is 18.6 Å². The SMILES string of the molecule is CCOc1ccc2c(c1)CC(NCCCCO)C(=O)N2c1cccc(CN2C(=O)[C@]3(O[C@H](CCO)[C@@H]([Si](C)(C)c4ccc(OC)cc4)[C@@H]3C)c3ccccc32)c1. The van der Waals surface area contributed by atoms with Crippen LogP contribution in [0.5, 0.6) is 11.5 Å². The summed E-state index contributed by atoms with van der Waals surface area (Å²) in [7, 11) is -0.634. The minimum absolute atomic E-state index is 0.0340. The topological polar surface area (TPSA) is 121 Å². The van der Waals surface area contributed by atoms with Crippen molar-refractivity contribution in [3.8, 4) is 11.5 Å². The molecule has 10 nitrogen and oxygen atoms in total. The van der Waals surface area contributed by atoms with Crippen LogP contribution in [0.4, 0.5) is 17.1 Å². The van der Waals surface area contributed by atoms with E-state index in [9.17, 15) is 15.0 Å². The third kappa shape index (κ3) is 7.04. The van der Waals surface area contributed by atoms with Crippen LogP contribution in [0.1, 0.15) is 49.8 Å². The quantitative estimate of drug-likeness (QED) is 0.0967. The van der Waals surface area contributed by atoms with E-state index in [0.717, 1.165) is 51.7 Å². The summed E-state index contributed by atoms with van der Waals surface area (Å²) in [5.41, 5.74) is 3.93. The largest absolute Gasteiger partial charge is 0.497 e. The molecule has 1 saturated heterocycles. The first kappa shape index (κ1) is 39.7. The number of unbranched alkanes of at least 4 members (excludes halogenated alkanes) is 1. The van der Waals surface area contributed by atoms with Crippen molar-refractivity contribution < 1.29 is 34.0 Å². The maximum absolute atomic E-state index is 15.2. The Morgan fingerprint density at radius 1 is 0.911 bits per heavy atom. The number of fused-ring (bicyclic) bond motifs is 3. The molecule has 0 radical (unpaired) electrons. The van der Waals surface area contributed by atoms with E-state index in [1.54, 1.807) is 12.0 Å². The van der Waals surface area contributed by atoms with Crippen LogP contribution in [0, 0.1) is 5.92 Å². The van der Waals surface area contributed by atoms with Gasteiger partial charge in [0.25, 0.3) is 5.91 Å². The molecule has 0 bridgehead atoms. The van der Waals surface area contributed by atoms with Crippen molar-refractivity contribution in [2.24, 2.45) is 5.92 Å². The fourth-order valence-electron chi connectivity index (χ4n) is 9.52. The smallest absolute Gasteiger partial charge is 0.264 e. The van der Waals surface area contributed by atoms with Gasteiger partial charge >= 0.3 is 0 Å². The molecule has 3 aliphatic heterocycles. The first-order valence-corrected chi connectivity index (χ1v) is 23.0. The third-order valence-corrected chi connectivity index (χ3v) is 16.5. The average Bonchev–Trinajstić information content (AvgIpc) is 3.63. The molecule has 7 rings (SSSR count). The molecule has 0 aromatic heterocycles. The van der Waals surface area contributed by atoms with Gasteiger partial charge in [0.2, 0.25) is 5.91 Å². The van der Waals surface area contributed by atoms with E-state index in [1.165, 1.54) is 5.19 Å². The Morgan fingerprint density at radius 2 is 1.68 bits per heavy atom. The molecule has 4 aromatic rings. The summed E-state index contributed by atoms with van der Waals surface area (Å²) in [4.78, 5) is 33.0. The number of hydrogen-bond donors (Lipinski definition) is 3. The summed E-state index contributed by atoms with van der Waals surface area (Å²) in [6, 6.07) is 29.5. The highest BCUT2D eigenvalue weighted by molar-refractivity contribution is 6.91. The number of amides is 2. The van der Waals surface area contributed by atoms with Gasteiger partial charge in [-0.25, -0.2) is 0 Å². The standard InChI is InChI=1S/C45H55N3O7Si/c1-6-54-35-18-21-39-32(27-35)28-38(46-23-9-10-24-49)43(51)48(39)33-13-11-12-31(26-33)29-47-40-15-8-7-14-37(40)45(44(47)52)30(2)42(41(55-45)22-25-50)56(4,5)36-19-16-34(53-3)17-20-36/h7-8,11-21,26-27,30,38,41-42,46,49-50H,6,9-10,22-25,28-29H2,1-5H3/t30-,38?,41+,42-,45+/m0/s1. The molecule has 3 heterocycles. The number of nitrogens with zero attached hydrogens (tertiary/aromatic N) is 2. The van der Waals surface area contributed by atoms with Gasteiger partial charge in [0.05, 0.1) is 51.9 Å². The molecule has 56 heavy (non-hydrogen) atoms. The van der Waals surface area contributed by atoms with Crippen LogP contribution in [0.25, 0.3) is 0 Å². The Kier molecular flexibility index (Phi) is 11.7. The molecule has 1 unspecified atom stereocenters. The predicted octanol–water partition coefficient (Wildman–Crippen LogP) is 6.19. The van der Waals surface area contributed by atoms with E-state index in [1.807, 2.05) is 90.7 Å². The minimum Gasteiger partial charge on any atom is -0.497 e. The van der Waals surface area contributed by atoms with Crippen molar-refractivity contribution in [3.63, 3.8) is 0 Å². The van der Waals surface area contributed by atoms with Crippen molar-refractivity contribution in [2.45, 2.75) is 82.5 Å². The van der Waals surface area contributed by atoms with Gasteiger partial charge < -0.3 is 34.6 Å². The van der Waals surface area contributed by atoms with Crippen LogP contribution >= 0.6 is 0 Å². The normalized spacial score (nSPS) is 23.1. The molecule has 11 heteroatoms. The minimum atomic E-state index is -2.30. The molecular formula is C45H55N3O7Si. The fourth-order valence-corrected chi connectivity index (χ4v) is 13.6. The number of aliphatic hydroxyl groups excluding tert-OH is 2. The number of para-hydroxylation sites is 1. The van der Waals surface area contributed by atoms with Gasteiger partial charge in [0.1, 0.15) is 11.5 Å². The molecule has 0 saturated carbocycles. The number of anilines is 3. The van der Waals surface area contributed by atoms with Crippen molar-refractivity contribution in [1.29, 1.82) is 0 Å². The maximum Gasteiger partial charge on any atom is 0.264 e. The van der Waals surface area contributed by atoms with E-state index in [2.05, 4.69) is 37.5 Å². The average molecular weight is 778 g/mol. The van der Waals surface area contributed by atoms with Gasteiger partial charge in [-0.1, -0.05) is 67.7 Å². The first-order chi connectivity index (χ1) is 27.1. The highest BCUT2D eigenvalue weighted by Crippen LogP contribution is 2.60. The van der Waals surface area contributed by atoms with Gasteiger partial charge in [-0.05, 0) is 104 Å². The number of nitrogens with one attached hydrogen (secondary N) is 1. The van der Waals surface area contributed by atoms with E-state index in [-0.39, 0.29) is 49.1 Å². The highest BCUT2D eigenvalue weighted by atomic mass is 28.3. The first-order valence-electron chi connectivity index (χ1n) is 20.0. The predicted molar refractivity (Wildman–Crippen MR) is 222 cm³/mol. The lowest BCUT2D eigenvalue weighted by Gasteiger charge is -2.37. The summed E-state index contributed by atoms with van der Waals surface area (Å²) in [6.07, 6.45) is 2.09. The lowest BCUT2D eigenvalue weighted by molar-refractivity contribution is -0.146. The van der Waals surface area contributed by atoms with Crippen LogP contribution in [-0.4, -0.2) is 75.7 Å². The fraction of sp³-hybridized carbons (Fsp3) is 0.422. The van der Waals surface area contributed by atoms with Gasteiger partial charge in [-0.3, -0.25) is 14.5 Å². The Bertz CT molecular complexity index is 2040. The molecular weight excluding hydrogens is 723 g/mol. The highest BCUT2D eigenvalue weighted by Gasteiger charge is 2.66. The molecule has 4 aromatic carbocycles. The third-order valence-electron chi connectivity index (χ3n) is 12.2. The van der Waals surface area contributed by atoms with Crippen LogP contribution in [0.3, 0.4) is 0 Å². The zero-order valence-corrected chi connectivity index (χ0v) is 34.2. The van der Waals surface area contributed by atoms with Crippen LogP contribution in [-0.2, 0) is 32.9 Å². The number of hydrogen-bond acceptors (Lipinski definition) is 8. The van der Waals surface area contributed by atoms with Crippen molar-refractivity contribution >= 4 is 42.1 Å². The van der Waals surface area contributed by atoms with Crippen molar-refractivity contribution in [3.05, 3.63) is 108 Å². The lowest BCUT2D eigenvalue weighted by atomic mass is 9.82. The summed E-state index contributed by atoms with van der Waals surface area (Å²) in [5.74, 6) is 1.24. The monoisotopic (exact) mass is 777 g/mol. The number of carbonyl (C=O) groups is 2. The maximum atomic E-state index is 15.2. The summed E-state index contributed by atoms with van der Waals surface area (Å²) in [6.45, 7) is 10.3. The zero-order chi connectivity index (χ0) is 39.6. The molecule has 296 valence electrons. The molecule has 1 fully saturated rings. The van der Waals surface area contributed by atoms with Crippen LogP contribution < -0.4 is 29.8 Å². The lowest BCUT2D eigenvalue weighted by Crippen LogP contribution is -2.51.